The Kier molecular flexibility index (Phi) is 7.38. The van der Waals surface area contributed by atoms with E-state index < -0.39 is 24.0 Å². The molecule has 27 heavy (non-hydrogen) atoms. The van der Waals surface area contributed by atoms with Crippen molar-refractivity contribution in [3.8, 4) is 0 Å². The number of carbonyl (C=O) groups excluding carboxylic acids is 3. The fourth-order valence-electron chi connectivity index (χ4n) is 2.39. The van der Waals surface area contributed by atoms with Gasteiger partial charge in [-0.2, -0.15) is 0 Å². The molecule has 144 valence electrons. The maximum Gasteiger partial charge on any atom is 0.309 e. The SMILES string of the molecule is CC(=O)NC(CC(=O)OC(C)C(=O)Nc1cc(Cl)ccc1C)c1cccs1. The zero-order valence-electron chi connectivity index (χ0n) is 15.2. The normalized spacial score (nSPS) is 12.7. The summed E-state index contributed by atoms with van der Waals surface area (Å²) in [4.78, 5) is 36.8. The number of esters is 1. The molecule has 0 spiro atoms. The molecule has 0 aliphatic carbocycles. The summed E-state index contributed by atoms with van der Waals surface area (Å²) in [5.74, 6) is -1.28. The monoisotopic (exact) mass is 408 g/mol. The summed E-state index contributed by atoms with van der Waals surface area (Å²) in [6, 6.07) is 8.32. The summed E-state index contributed by atoms with van der Waals surface area (Å²) in [5.41, 5.74) is 1.40. The van der Waals surface area contributed by atoms with E-state index in [1.807, 2.05) is 24.4 Å². The molecule has 2 unspecified atom stereocenters. The van der Waals surface area contributed by atoms with Gasteiger partial charge in [0.15, 0.2) is 6.10 Å². The number of anilines is 1. The van der Waals surface area contributed by atoms with Crippen molar-refractivity contribution in [2.45, 2.75) is 39.3 Å². The first-order chi connectivity index (χ1) is 12.8. The molecule has 0 saturated heterocycles. The molecule has 8 heteroatoms. The first kappa shape index (κ1) is 20.9. The Bertz CT molecular complexity index is 823. The second-order valence-electron chi connectivity index (χ2n) is 6.05. The third-order valence-electron chi connectivity index (χ3n) is 3.77. The summed E-state index contributed by atoms with van der Waals surface area (Å²) in [5, 5.41) is 7.78. The van der Waals surface area contributed by atoms with Crippen LogP contribution in [0.5, 0.6) is 0 Å². The van der Waals surface area contributed by atoms with Crippen molar-refractivity contribution >= 4 is 46.4 Å². The Morgan fingerprint density at radius 3 is 2.63 bits per heavy atom. The Morgan fingerprint density at radius 1 is 1.26 bits per heavy atom. The highest BCUT2D eigenvalue weighted by molar-refractivity contribution is 7.10. The van der Waals surface area contributed by atoms with Crippen LogP contribution in [0.15, 0.2) is 35.7 Å². The average Bonchev–Trinajstić information content (AvgIpc) is 3.11. The van der Waals surface area contributed by atoms with Crippen LogP contribution < -0.4 is 10.6 Å². The number of aryl methyl sites for hydroxylation is 1. The Morgan fingerprint density at radius 2 is 2.00 bits per heavy atom. The number of halogens is 1. The Labute approximate surface area is 166 Å². The third-order valence-corrected chi connectivity index (χ3v) is 4.99. The Hall–Kier alpha value is -2.38. The van der Waals surface area contributed by atoms with Gasteiger partial charge in [-0.05, 0) is 43.0 Å². The maximum atomic E-state index is 12.3. The highest BCUT2D eigenvalue weighted by Gasteiger charge is 2.23. The zero-order valence-corrected chi connectivity index (χ0v) is 16.8. The molecule has 2 rings (SSSR count). The van der Waals surface area contributed by atoms with E-state index in [-0.39, 0.29) is 12.3 Å². The van der Waals surface area contributed by atoms with E-state index in [0.717, 1.165) is 10.4 Å². The lowest BCUT2D eigenvalue weighted by molar-refractivity contribution is -0.153. The van der Waals surface area contributed by atoms with Crippen LogP contribution in [-0.2, 0) is 19.1 Å². The van der Waals surface area contributed by atoms with Crippen molar-refractivity contribution in [2.24, 2.45) is 0 Å². The molecular weight excluding hydrogens is 388 g/mol. The summed E-state index contributed by atoms with van der Waals surface area (Å²) in [7, 11) is 0. The quantitative estimate of drug-likeness (QED) is 0.681. The summed E-state index contributed by atoms with van der Waals surface area (Å²) >= 11 is 7.37. The molecular formula is C19H21ClN2O4S. The number of amides is 2. The van der Waals surface area contributed by atoms with Crippen molar-refractivity contribution in [3.63, 3.8) is 0 Å². The van der Waals surface area contributed by atoms with Crippen LogP contribution in [0.25, 0.3) is 0 Å². The van der Waals surface area contributed by atoms with Gasteiger partial charge in [0.05, 0.1) is 12.5 Å². The van der Waals surface area contributed by atoms with Crippen LogP contribution in [-0.4, -0.2) is 23.9 Å². The van der Waals surface area contributed by atoms with Crippen molar-refractivity contribution in [1.82, 2.24) is 5.32 Å². The van der Waals surface area contributed by atoms with E-state index in [9.17, 15) is 14.4 Å². The van der Waals surface area contributed by atoms with E-state index >= 15 is 0 Å². The summed E-state index contributed by atoms with van der Waals surface area (Å²) in [6.07, 6.45) is -1.05. The van der Waals surface area contributed by atoms with Crippen LogP contribution in [0.2, 0.25) is 5.02 Å². The molecule has 1 aromatic heterocycles. The first-order valence-corrected chi connectivity index (χ1v) is 9.59. The van der Waals surface area contributed by atoms with Gasteiger partial charge >= 0.3 is 5.97 Å². The molecule has 2 aromatic rings. The van der Waals surface area contributed by atoms with Gasteiger partial charge in [0, 0.05) is 22.5 Å². The molecule has 0 saturated carbocycles. The summed E-state index contributed by atoms with van der Waals surface area (Å²) in [6.45, 7) is 4.71. The van der Waals surface area contributed by atoms with E-state index in [0.29, 0.717) is 10.7 Å². The third kappa shape index (κ3) is 6.37. The molecule has 2 N–H and O–H groups in total. The van der Waals surface area contributed by atoms with Crippen molar-refractivity contribution in [3.05, 3.63) is 51.2 Å². The molecule has 0 aliphatic rings. The lowest BCUT2D eigenvalue weighted by atomic mass is 10.1. The molecule has 2 atom stereocenters. The van der Waals surface area contributed by atoms with Crippen molar-refractivity contribution in [2.75, 3.05) is 5.32 Å². The van der Waals surface area contributed by atoms with Gasteiger partial charge in [0.1, 0.15) is 0 Å². The van der Waals surface area contributed by atoms with Gasteiger partial charge in [0.2, 0.25) is 5.91 Å². The minimum atomic E-state index is -0.989. The van der Waals surface area contributed by atoms with Gasteiger partial charge in [-0.3, -0.25) is 14.4 Å². The second-order valence-corrected chi connectivity index (χ2v) is 7.47. The van der Waals surface area contributed by atoms with Crippen LogP contribution in [0.1, 0.15) is 36.8 Å². The van der Waals surface area contributed by atoms with Gasteiger partial charge in [0.25, 0.3) is 5.91 Å². The van der Waals surface area contributed by atoms with Gasteiger partial charge in [-0.25, -0.2) is 0 Å². The van der Waals surface area contributed by atoms with Gasteiger partial charge < -0.3 is 15.4 Å². The highest BCUT2D eigenvalue weighted by Crippen LogP contribution is 2.23. The fourth-order valence-corrected chi connectivity index (χ4v) is 3.34. The maximum absolute atomic E-state index is 12.3. The van der Waals surface area contributed by atoms with Crippen molar-refractivity contribution < 1.29 is 19.1 Å². The predicted molar refractivity (Wildman–Crippen MR) is 106 cm³/mol. The molecule has 6 nitrogen and oxygen atoms in total. The number of benzene rings is 1. The molecule has 2 amide bonds. The number of carbonyl (C=O) groups is 3. The van der Waals surface area contributed by atoms with E-state index in [1.54, 1.807) is 18.2 Å². The second kappa shape index (κ2) is 9.53. The molecule has 0 bridgehead atoms. The minimum Gasteiger partial charge on any atom is -0.452 e. The molecule has 0 aliphatic heterocycles. The van der Waals surface area contributed by atoms with E-state index in [1.165, 1.54) is 25.2 Å². The topological polar surface area (TPSA) is 84.5 Å². The van der Waals surface area contributed by atoms with Gasteiger partial charge in [-0.15, -0.1) is 11.3 Å². The lowest BCUT2D eigenvalue weighted by Crippen LogP contribution is -2.33. The lowest BCUT2D eigenvalue weighted by Gasteiger charge is -2.18. The molecule has 0 radical (unpaired) electrons. The summed E-state index contributed by atoms with van der Waals surface area (Å²) < 4.78 is 5.23. The Balaban J connectivity index is 1.96. The largest absolute Gasteiger partial charge is 0.452 e. The number of rotatable bonds is 7. The minimum absolute atomic E-state index is 0.0616. The number of hydrogen-bond acceptors (Lipinski definition) is 5. The number of hydrogen-bond donors (Lipinski definition) is 2. The fraction of sp³-hybridized carbons (Fsp3) is 0.316. The van der Waals surface area contributed by atoms with Gasteiger partial charge in [-0.1, -0.05) is 23.7 Å². The molecule has 0 fully saturated rings. The molecule has 1 aromatic carbocycles. The van der Waals surface area contributed by atoms with E-state index in [4.69, 9.17) is 16.3 Å². The van der Waals surface area contributed by atoms with Crippen LogP contribution >= 0.6 is 22.9 Å². The number of nitrogens with one attached hydrogen (secondary N) is 2. The van der Waals surface area contributed by atoms with Crippen LogP contribution in [0, 0.1) is 6.92 Å². The number of thiophene rings is 1. The first-order valence-electron chi connectivity index (χ1n) is 8.33. The highest BCUT2D eigenvalue weighted by atomic mass is 35.5. The predicted octanol–water partition coefficient (Wildman–Crippen LogP) is 3.85. The van der Waals surface area contributed by atoms with Crippen LogP contribution in [0.4, 0.5) is 5.69 Å². The zero-order chi connectivity index (χ0) is 20.0. The van der Waals surface area contributed by atoms with Crippen molar-refractivity contribution in [1.29, 1.82) is 0 Å². The average molecular weight is 409 g/mol. The van der Waals surface area contributed by atoms with E-state index in [2.05, 4.69) is 10.6 Å². The smallest absolute Gasteiger partial charge is 0.309 e. The molecule has 1 heterocycles. The standard InChI is InChI=1S/C19H21ClN2O4S/c1-11-6-7-14(20)9-15(11)22-19(25)12(2)26-18(24)10-16(21-13(3)23)17-5-4-8-27-17/h4-9,12,16H,10H2,1-3H3,(H,21,23)(H,22,25). The number of ether oxygens (including phenoxy) is 1. The van der Waals surface area contributed by atoms with Crippen LogP contribution in [0.3, 0.4) is 0 Å².